The van der Waals surface area contributed by atoms with Crippen molar-refractivity contribution in [3.63, 3.8) is 0 Å². The van der Waals surface area contributed by atoms with Crippen molar-refractivity contribution in [2.24, 2.45) is 0 Å². The van der Waals surface area contributed by atoms with Crippen molar-refractivity contribution in [1.29, 1.82) is 0 Å². The fourth-order valence-electron chi connectivity index (χ4n) is 1.50. The molecule has 0 radical (unpaired) electrons. The largest absolute Gasteiger partial charge is 0.479 e. The molecule has 1 amide bonds. The molecule has 1 aromatic carbocycles. The maximum absolute atomic E-state index is 13.0. The summed E-state index contributed by atoms with van der Waals surface area (Å²) in [5.74, 6) is -3.88. The van der Waals surface area contributed by atoms with Crippen LogP contribution in [0.4, 0.5) is 8.78 Å². The molecule has 0 aliphatic carbocycles. The van der Waals surface area contributed by atoms with Crippen LogP contribution < -0.4 is 5.32 Å². The monoisotopic (exact) mass is 319 g/mol. The van der Waals surface area contributed by atoms with Crippen LogP contribution in [-0.4, -0.2) is 42.0 Å². The second-order valence-corrected chi connectivity index (χ2v) is 5.53. The van der Waals surface area contributed by atoms with E-state index in [1.54, 1.807) is 0 Å². The smallest absolute Gasteiger partial charge is 0.331 e. The molecular formula is C13H15F2NO4S. The number of carbonyl (C=O) groups is 2. The number of carbonyl (C=O) groups excluding carboxylic acids is 1. The molecule has 0 aromatic heterocycles. The summed E-state index contributed by atoms with van der Waals surface area (Å²) in [6.45, 7) is 1.13. The van der Waals surface area contributed by atoms with Crippen molar-refractivity contribution >= 4 is 23.6 Å². The molecule has 0 saturated heterocycles. The van der Waals surface area contributed by atoms with E-state index in [4.69, 9.17) is 9.84 Å². The minimum absolute atomic E-state index is 0.127. The standard InChI is InChI=1S/C13H15F2NO4S/c1-13(7-20-2,12(18)19)16-11(17)6-21-8-3-4-9(14)10(15)5-8/h3-5H,6-7H2,1-2H3,(H,16,17)(H,18,19). The normalized spacial score (nSPS) is 13.5. The van der Waals surface area contributed by atoms with Crippen molar-refractivity contribution in [2.45, 2.75) is 17.4 Å². The lowest BCUT2D eigenvalue weighted by molar-refractivity contribution is -0.148. The first-order valence-electron chi connectivity index (χ1n) is 5.89. The number of hydrogen-bond acceptors (Lipinski definition) is 4. The molecule has 0 spiro atoms. The third kappa shape index (κ3) is 4.98. The number of ether oxygens (including phenoxy) is 1. The fourth-order valence-corrected chi connectivity index (χ4v) is 2.22. The number of aliphatic carboxylic acids is 1. The summed E-state index contributed by atoms with van der Waals surface area (Å²) in [7, 11) is 1.32. The molecule has 21 heavy (non-hydrogen) atoms. The summed E-state index contributed by atoms with van der Waals surface area (Å²) in [5, 5.41) is 11.4. The molecule has 1 rings (SSSR count). The first kappa shape index (κ1) is 17.4. The number of rotatable bonds is 7. The van der Waals surface area contributed by atoms with Gasteiger partial charge in [-0.05, 0) is 25.1 Å². The predicted molar refractivity (Wildman–Crippen MR) is 73.1 cm³/mol. The lowest BCUT2D eigenvalue weighted by Gasteiger charge is -2.25. The van der Waals surface area contributed by atoms with E-state index in [-0.39, 0.29) is 12.4 Å². The second-order valence-electron chi connectivity index (χ2n) is 4.48. The van der Waals surface area contributed by atoms with Crippen LogP contribution in [0.15, 0.2) is 23.1 Å². The van der Waals surface area contributed by atoms with Gasteiger partial charge in [-0.15, -0.1) is 11.8 Å². The van der Waals surface area contributed by atoms with Gasteiger partial charge in [0.25, 0.3) is 0 Å². The van der Waals surface area contributed by atoms with Gasteiger partial charge in [-0.25, -0.2) is 13.6 Å². The minimum atomic E-state index is -1.54. The molecule has 1 aromatic rings. The molecule has 0 heterocycles. The molecule has 8 heteroatoms. The number of halogens is 2. The van der Waals surface area contributed by atoms with Crippen LogP contribution in [0.25, 0.3) is 0 Å². The van der Waals surface area contributed by atoms with Gasteiger partial charge in [-0.1, -0.05) is 0 Å². The third-order valence-electron chi connectivity index (χ3n) is 2.58. The van der Waals surface area contributed by atoms with Gasteiger partial charge in [0.2, 0.25) is 5.91 Å². The lowest BCUT2D eigenvalue weighted by atomic mass is 10.0. The van der Waals surface area contributed by atoms with Crippen LogP contribution in [0.5, 0.6) is 0 Å². The first-order valence-corrected chi connectivity index (χ1v) is 6.88. The van der Waals surface area contributed by atoms with E-state index in [1.807, 2.05) is 0 Å². The molecule has 0 bridgehead atoms. The zero-order chi connectivity index (χ0) is 16.0. The Morgan fingerprint density at radius 1 is 1.38 bits per heavy atom. The average Bonchev–Trinajstić information content (AvgIpc) is 2.40. The van der Waals surface area contributed by atoms with Crippen LogP contribution in [-0.2, 0) is 14.3 Å². The Bertz CT molecular complexity index is 541. The number of carboxylic acids is 1. The van der Waals surface area contributed by atoms with Crippen LogP contribution in [0.2, 0.25) is 0 Å². The average molecular weight is 319 g/mol. The number of thioether (sulfide) groups is 1. The quantitative estimate of drug-likeness (QED) is 0.748. The maximum atomic E-state index is 13.0. The summed E-state index contributed by atoms with van der Waals surface area (Å²) in [4.78, 5) is 23.2. The first-order chi connectivity index (χ1) is 9.78. The highest BCUT2D eigenvalue weighted by molar-refractivity contribution is 8.00. The summed E-state index contributed by atoms with van der Waals surface area (Å²) >= 11 is 0.969. The van der Waals surface area contributed by atoms with E-state index in [2.05, 4.69) is 5.32 Å². The molecule has 1 atom stereocenters. The van der Waals surface area contributed by atoms with Crippen molar-refractivity contribution in [3.05, 3.63) is 29.8 Å². The molecule has 2 N–H and O–H groups in total. The van der Waals surface area contributed by atoms with Gasteiger partial charge in [-0.3, -0.25) is 4.79 Å². The highest BCUT2D eigenvalue weighted by atomic mass is 32.2. The summed E-state index contributed by atoms with van der Waals surface area (Å²) in [6.07, 6.45) is 0. The zero-order valence-corrected chi connectivity index (χ0v) is 12.3. The van der Waals surface area contributed by atoms with Crippen LogP contribution >= 0.6 is 11.8 Å². The molecule has 1 unspecified atom stereocenters. The van der Waals surface area contributed by atoms with Crippen LogP contribution in [0.3, 0.4) is 0 Å². The highest BCUT2D eigenvalue weighted by Gasteiger charge is 2.34. The van der Waals surface area contributed by atoms with E-state index in [1.165, 1.54) is 20.1 Å². The van der Waals surface area contributed by atoms with E-state index >= 15 is 0 Å². The Kier molecular flexibility index (Phi) is 6.10. The van der Waals surface area contributed by atoms with E-state index < -0.39 is 29.0 Å². The molecule has 0 aliphatic rings. The lowest BCUT2D eigenvalue weighted by Crippen LogP contribution is -2.55. The Hall–Kier alpha value is -1.67. The van der Waals surface area contributed by atoms with Crippen LogP contribution in [0.1, 0.15) is 6.92 Å². The Morgan fingerprint density at radius 2 is 2.05 bits per heavy atom. The number of hydrogen-bond donors (Lipinski definition) is 2. The second kappa shape index (κ2) is 7.37. The number of methoxy groups -OCH3 is 1. The van der Waals surface area contributed by atoms with E-state index in [0.29, 0.717) is 4.90 Å². The van der Waals surface area contributed by atoms with Gasteiger partial charge in [-0.2, -0.15) is 0 Å². The van der Waals surface area contributed by atoms with Crippen molar-refractivity contribution < 1.29 is 28.2 Å². The van der Waals surface area contributed by atoms with Gasteiger partial charge in [0.15, 0.2) is 17.2 Å². The van der Waals surface area contributed by atoms with Gasteiger partial charge >= 0.3 is 5.97 Å². The Morgan fingerprint density at radius 3 is 2.57 bits per heavy atom. The minimum Gasteiger partial charge on any atom is -0.479 e. The van der Waals surface area contributed by atoms with Gasteiger partial charge < -0.3 is 15.2 Å². The molecule has 5 nitrogen and oxygen atoms in total. The van der Waals surface area contributed by atoms with E-state index in [9.17, 15) is 18.4 Å². The highest BCUT2D eigenvalue weighted by Crippen LogP contribution is 2.20. The van der Waals surface area contributed by atoms with Gasteiger partial charge in [0, 0.05) is 12.0 Å². The predicted octanol–water partition coefficient (Wildman–Crippen LogP) is 1.66. The van der Waals surface area contributed by atoms with Crippen LogP contribution in [0, 0.1) is 11.6 Å². The SMILES string of the molecule is COCC(C)(NC(=O)CSc1ccc(F)c(F)c1)C(=O)O. The van der Waals surface area contributed by atoms with E-state index in [0.717, 1.165) is 23.9 Å². The summed E-state index contributed by atoms with van der Waals surface area (Å²) in [6, 6.07) is 3.27. The van der Waals surface area contributed by atoms with Crippen molar-refractivity contribution in [1.82, 2.24) is 5.32 Å². The maximum Gasteiger partial charge on any atom is 0.331 e. The summed E-state index contributed by atoms with van der Waals surface area (Å²) < 4.78 is 30.5. The molecular weight excluding hydrogens is 304 g/mol. The fraction of sp³-hybridized carbons (Fsp3) is 0.385. The number of amides is 1. The van der Waals surface area contributed by atoms with Crippen molar-refractivity contribution in [3.8, 4) is 0 Å². The number of carboxylic acid groups (broad SMARTS) is 1. The van der Waals surface area contributed by atoms with Gasteiger partial charge in [0.1, 0.15) is 0 Å². The summed E-state index contributed by atoms with van der Waals surface area (Å²) in [5.41, 5.74) is -1.54. The Balaban J connectivity index is 2.60. The zero-order valence-electron chi connectivity index (χ0n) is 11.5. The number of benzene rings is 1. The van der Waals surface area contributed by atoms with Gasteiger partial charge in [0.05, 0.1) is 12.4 Å². The Labute approximate surface area is 124 Å². The topological polar surface area (TPSA) is 75.6 Å². The third-order valence-corrected chi connectivity index (χ3v) is 3.58. The molecule has 0 aliphatic heterocycles. The van der Waals surface area contributed by atoms with Crippen molar-refractivity contribution in [2.75, 3.05) is 19.5 Å². The molecule has 0 saturated carbocycles. The molecule has 0 fully saturated rings. The molecule has 116 valence electrons. The number of nitrogens with one attached hydrogen (secondary N) is 1.